The van der Waals surface area contributed by atoms with Crippen molar-refractivity contribution in [1.82, 2.24) is 4.98 Å². The van der Waals surface area contributed by atoms with Gasteiger partial charge in [-0.3, -0.25) is 0 Å². The molecule has 0 unspecified atom stereocenters. The average molecular weight is 868 g/mol. The van der Waals surface area contributed by atoms with Gasteiger partial charge < -0.3 is 37.9 Å². The van der Waals surface area contributed by atoms with Crippen molar-refractivity contribution in [3.8, 4) is 0 Å². The molecule has 0 spiro atoms. The van der Waals surface area contributed by atoms with E-state index in [1.165, 1.54) is 18.4 Å². The molecule has 326 valence electrons. The number of hydrogen-bond donors (Lipinski definition) is 0. The second kappa shape index (κ2) is 22.7. The zero-order valence-corrected chi connectivity index (χ0v) is 36.1. The summed E-state index contributed by atoms with van der Waals surface area (Å²) in [6, 6.07) is 49.8. The number of aromatic nitrogens is 1. The van der Waals surface area contributed by atoms with Crippen LogP contribution in [0.1, 0.15) is 51.8 Å². The van der Waals surface area contributed by atoms with Crippen LogP contribution in [0.15, 0.2) is 169 Å². The third-order valence-electron chi connectivity index (χ3n) is 11.1. The lowest BCUT2D eigenvalue weighted by atomic mass is 9.86. The number of thiazole rings is 1. The fraction of sp³-hybridized carbons (Fsp3) is 0.308. The van der Waals surface area contributed by atoms with Crippen molar-refractivity contribution in [1.29, 1.82) is 0 Å². The number of hydrogen-bond acceptors (Lipinski definition) is 11. The molecule has 10 nitrogen and oxygen atoms in total. The summed E-state index contributed by atoms with van der Waals surface area (Å²) in [6.07, 6.45) is 0.177. The molecule has 0 amide bonds. The minimum Gasteiger partial charge on any atom is -0.467 e. The maximum atomic E-state index is 13.2. The molecule has 1 saturated heterocycles. The smallest absolute Gasteiger partial charge is 0.339 e. The molecule has 0 radical (unpaired) electrons. The fourth-order valence-corrected chi connectivity index (χ4v) is 8.61. The lowest BCUT2D eigenvalue weighted by molar-refractivity contribution is -0.275. The summed E-state index contributed by atoms with van der Waals surface area (Å²) in [4.78, 5) is 17.8. The number of ether oxygens (including phenoxy) is 8. The van der Waals surface area contributed by atoms with Gasteiger partial charge in [-0.05, 0) is 46.2 Å². The molecule has 6 aromatic rings. The van der Waals surface area contributed by atoms with Crippen LogP contribution in [0, 0.1) is 5.92 Å². The molecule has 3 heterocycles. The topological polar surface area (TPSA) is 104 Å². The minimum atomic E-state index is -1.00. The highest BCUT2D eigenvalue weighted by Crippen LogP contribution is 2.39. The Kier molecular flexibility index (Phi) is 15.9. The van der Waals surface area contributed by atoms with E-state index in [1.54, 1.807) is 6.20 Å². The molecule has 0 bridgehead atoms. The Hall–Kier alpha value is -5.50. The van der Waals surface area contributed by atoms with Crippen molar-refractivity contribution < 1.29 is 42.7 Å². The molecular weight excluding hydrogens is 815 g/mol. The molecule has 1 aromatic heterocycles. The van der Waals surface area contributed by atoms with Crippen LogP contribution < -0.4 is 0 Å². The van der Waals surface area contributed by atoms with Crippen LogP contribution in [0.2, 0.25) is 0 Å². The van der Waals surface area contributed by atoms with Crippen LogP contribution in [-0.4, -0.2) is 61.5 Å². The summed E-state index contributed by atoms with van der Waals surface area (Å²) >= 11 is 1.47. The van der Waals surface area contributed by atoms with Gasteiger partial charge in [0.15, 0.2) is 16.9 Å². The summed E-state index contributed by atoms with van der Waals surface area (Å²) in [5.41, 5.74) is 4.80. The first-order valence-electron chi connectivity index (χ1n) is 21.4. The van der Waals surface area contributed by atoms with Gasteiger partial charge >= 0.3 is 5.97 Å². The molecule has 0 saturated carbocycles. The van der Waals surface area contributed by atoms with Gasteiger partial charge in [0, 0.05) is 18.0 Å². The quantitative estimate of drug-likeness (QED) is 0.0689. The number of methoxy groups -OCH3 is 1. The third kappa shape index (κ3) is 12.4. The van der Waals surface area contributed by atoms with Gasteiger partial charge in [-0.2, -0.15) is 0 Å². The van der Waals surface area contributed by atoms with Crippen molar-refractivity contribution in [3.05, 3.63) is 202 Å². The van der Waals surface area contributed by atoms with Crippen LogP contribution in [0.3, 0.4) is 0 Å². The van der Waals surface area contributed by atoms with E-state index in [2.05, 4.69) is 47.5 Å². The molecule has 2 aliphatic rings. The Labute approximate surface area is 373 Å². The predicted molar refractivity (Wildman–Crippen MR) is 240 cm³/mol. The number of carbonyl (C=O) groups excluding carboxylic acids is 1. The van der Waals surface area contributed by atoms with Crippen molar-refractivity contribution in [2.45, 2.75) is 82.2 Å². The van der Waals surface area contributed by atoms with E-state index in [1.807, 2.05) is 121 Å². The van der Waals surface area contributed by atoms with Gasteiger partial charge in [-0.25, -0.2) is 9.78 Å². The number of allylic oxidation sites excluding steroid dienone is 1. The first-order chi connectivity index (χ1) is 31.1. The summed E-state index contributed by atoms with van der Waals surface area (Å²) in [5, 5.41) is 2.61. The Balaban J connectivity index is 1.13. The van der Waals surface area contributed by atoms with E-state index in [-0.39, 0.29) is 12.5 Å². The minimum absolute atomic E-state index is 0.160. The van der Waals surface area contributed by atoms with E-state index >= 15 is 0 Å². The molecule has 5 aromatic carbocycles. The molecular formula is C52H53NO9S. The van der Waals surface area contributed by atoms with Crippen LogP contribution >= 0.6 is 11.3 Å². The van der Waals surface area contributed by atoms with Crippen LogP contribution in [0.4, 0.5) is 0 Å². The van der Waals surface area contributed by atoms with E-state index in [9.17, 15) is 4.79 Å². The number of carbonyl (C=O) groups is 1. The Morgan fingerprint density at radius 2 is 1.17 bits per heavy atom. The Morgan fingerprint density at radius 3 is 1.70 bits per heavy atom. The standard InChI is InChI=1S/C52H53NO9S/c1-55-52(54)47(42-25-15-6-16-26-42)62-46-31-41(30-44(61-46)51-53-27-28-63-51)29-43-48(57-33-38-19-9-3-10-20-38)50(59-35-40-23-13-5-14-24-40)49(58-34-39-21-11-4-12-22-39)45(60-43)36-56-32-37-17-7-2-8-18-37/h2-28,30,41,43,45-50H,29,31-36H2,1H3/t41-,43-,45+,46-,47-,48+,49+,50+/m0/s1. The lowest BCUT2D eigenvalue weighted by Crippen LogP contribution is -2.61. The van der Waals surface area contributed by atoms with Gasteiger partial charge in [0.05, 0.1) is 46.2 Å². The van der Waals surface area contributed by atoms with Gasteiger partial charge in [0.25, 0.3) is 0 Å². The summed E-state index contributed by atoms with van der Waals surface area (Å²) in [7, 11) is 1.36. The lowest BCUT2D eigenvalue weighted by Gasteiger charge is -2.47. The summed E-state index contributed by atoms with van der Waals surface area (Å²) in [6.45, 7) is 1.66. The van der Waals surface area contributed by atoms with E-state index in [4.69, 9.17) is 37.9 Å². The van der Waals surface area contributed by atoms with Gasteiger partial charge in [0.1, 0.15) is 24.4 Å². The molecule has 8 atom stereocenters. The fourth-order valence-electron chi connectivity index (χ4n) is 8.00. The zero-order chi connectivity index (χ0) is 43.1. The number of benzene rings is 5. The van der Waals surface area contributed by atoms with Crippen LogP contribution in [0.5, 0.6) is 0 Å². The van der Waals surface area contributed by atoms with Crippen LogP contribution in [0.25, 0.3) is 5.76 Å². The van der Waals surface area contributed by atoms with Crippen molar-refractivity contribution >= 4 is 23.1 Å². The Morgan fingerprint density at radius 1 is 0.667 bits per heavy atom. The second-order valence-electron chi connectivity index (χ2n) is 15.6. The van der Waals surface area contributed by atoms with Crippen LogP contribution in [-0.2, 0) is 69.1 Å². The average Bonchev–Trinajstić information content (AvgIpc) is 3.89. The van der Waals surface area contributed by atoms with Crippen molar-refractivity contribution in [2.24, 2.45) is 5.92 Å². The summed E-state index contributed by atoms with van der Waals surface area (Å²) < 4.78 is 52.8. The predicted octanol–water partition coefficient (Wildman–Crippen LogP) is 9.91. The first-order valence-corrected chi connectivity index (χ1v) is 22.3. The monoisotopic (exact) mass is 867 g/mol. The SMILES string of the molecule is COC(=O)[C@@H](O[C@H]1C[C@@H](C[C@@H]2O[C@H](COCc3ccccc3)[C@@H](OCc3ccccc3)[C@H](OCc3ccccc3)[C@@H]2OCc2ccccc2)C=C(c2nccs2)O1)c1ccccc1. The number of rotatable bonds is 20. The van der Waals surface area contributed by atoms with E-state index < -0.39 is 48.9 Å². The number of esters is 1. The summed E-state index contributed by atoms with van der Waals surface area (Å²) in [5.74, 6) is -0.105. The Bertz CT molecular complexity index is 2270. The molecule has 63 heavy (non-hydrogen) atoms. The third-order valence-corrected chi connectivity index (χ3v) is 11.9. The largest absolute Gasteiger partial charge is 0.467 e. The molecule has 0 aliphatic carbocycles. The highest BCUT2D eigenvalue weighted by Gasteiger charge is 2.49. The first kappa shape index (κ1) is 44.1. The normalized spacial score (nSPS) is 22.7. The van der Waals surface area contributed by atoms with Gasteiger partial charge in [0.2, 0.25) is 6.29 Å². The van der Waals surface area contributed by atoms with Gasteiger partial charge in [-0.15, -0.1) is 11.3 Å². The highest BCUT2D eigenvalue weighted by molar-refractivity contribution is 7.10. The maximum absolute atomic E-state index is 13.2. The molecule has 2 aliphatic heterocycles. The molecule has 1 fully saturated rings. The maximum Gasteiger partial charge on any atom is 0.339 e. The van der Waals surface area contributed by atoms with E-state index in [0.29, 0.717) is 55.6 Å². The molecule has 0 N–H and O–H groups in total. The van der Waals surface area contributed by atoms with Crippen molar-refractivity contribution in [2.75, 3.05) is 13.7 Å². The molecule has 8 rings (SSSR count). The van der Waals surface area contributed by atoms with E-state index in [0.717, 1.165) is 22.3 Å². The zero-order valence-electron chi connectivity index (χ0n) is 35.3. The second-order valence-corrected chi connectivity index (χ2v) is 16.5. The molecule has 11 heteroatoms. The van der Waals surface area contributed by atoms with Crippen molar-refractivity contribution in [3.63, 3.8) is 0 Å². The number of nitrogens with zero attached hydrogens (tertiary/aromatic N) is 1. The van der Waals surface area contributed by atoms with Gasteiger partial charge in [-0.1, -0.05) is 152 Å². The highest BCUT2D eigenvalue weighted by atomic mass is 32.1.